The van der Waals surface area contributed by atoms with E-state index >= 15 is 0 Å². The van der Waals surface area contributed by atoms with Crippen LogP contribution in [0.15, 0.2) is 72.1 Å². The molecule has 0 atom stereocenters. The smallest absolute Gasteiger partial charge is 0.271 e. The molecule has 0 aliphatic heterocycles. The van der Waals surface area contributed by atoms with E-state index in [1.807, 2.05) is 48.7 Å². The highest BCUT2D eigenvalue weighted by Crippen LogP contribution is 2.16. The van der Waals surface area contributed by atoms with Crippen molar-refractivity contribution in [1.29, 1.82) is 0 Å². The molecule has 0 aliphatic carbocycles. The SMILES string of the molecule is O=C(N/N=C\c1c[nH]c2ccccc12)c1ccc2ncccc2c1. The molecule has 5 heteroatoms. The van der Waals surface area contributed by atoms with E-state index in [2.05, 4.69) is 20.5 Å². The van der Waals surface area contributed by atoms with Gasteiger partial charge in [0.2, 0.25) is 0 Å². The van der Waals surface area contributed by atoms with Crippen LogP contribution in [0.3, 0.4) is 0 Å². The van der Waals surface area contributed by atoms with Crippen molar-refractivity contribution in [2.45, 2.75) is 0 Å². The molecule has 4 rings (SSSR count). The van der Waals surface area contributed by atoms with Gasteiger partial charge in [0, 0.05) is 39.8 Å². The highest BCUT2D eigenvalue weighted by Gasteiger charge is 2.06. The van der Waals surface area contributed by atoms with Crippen LogP contribution >= 0.6 is 0 Å². The molecule has 116 valence electrons. The third kappa shape index (κ3) is 2.63. The normalized spacial score (nSPS) is 11.3. The third-order valence-electron chi connectivity index (χ3n) is 3.86. The second-order valence-electron chi connectivity index (χ2n) is 5.40. The third-order valence-corrected chi connectivity index (χ3v) is 3.86. The summed E-state index contributed by atoms with van der Waals surface area (Å²) in [6.45, 7) is 0. The van der Waals surface area contributed by atoms with Crippen LogP contribution in [0.2, 0.25) is 0 Å². The minimum atomic E-state index is -0.253. The van der Waals surface area contributed by atoms with Gasteiger partial charge in [0.1, 0.15) is 0 Å². The maximum Gasteiger partial charge on any atom is 0.271 e. The number of aromatic amines is 1. The Bertz CT molecular complexity index is 1070. The van der Waals surface area contributed by atoms with Gasteiger partial charge in [0.05, 0.1) is 11.7 Å². The molecule has 0 radical (unpaired) electrons. The van der Waals surface area contributed by atoms with E-state index in [0.29, 0.717) is 5.56 Å². The van der Waals surface area contributed by atoms with Crippen molar-refractivity contribution < 1.29 is 4.79 Å². The fraction of sp³-hybridized carbons (Fsp3) is 0. The average molecular weight is 314 g/mol. The number of hydrogen-bond acceptors (Lipinski definition) is 3. The Balaban J connectivity index is 1.53. The molecule has 5 nitrogen and oxygen atoms in total. The zero-order valence-electron chi connectivity index (χ0n) is 12.7. The summed E-state index contributed by atoms with van der Waals surface area (Å²) >= 11 is 0. The summed E-state index contributed by atoms with van der Waals surface area (Å²) in [6, 6.07) is 17.1. The Hall–Kier alpha value is -3.47. The fourth-order valence-corrected chi connectivity index (χ4v) is 2.64. The minimum Gasteiger partial charge on any atom is -0.361 e. The minimum absolute atomic E-state index is 0.253. The van der Waals surface area contributed by atoms with E-state index in [-0.39, 0.29) is 5.91 Å². The Labute approximate surface area is 138 Å². The number of nitrogens with zero attached hydrogens (tertiary/aromatic N) is 2. The van der Waals surface area contributed by atoms with Crippen molar-refractivity contribution >= 4 is 33.9 Å². The molecule has 0 aliphatic rings. The highest BCUT2D eigenvalue weighted by molar-refractivity contribution is 6.01. The van der Waals surface area contributed by atoms with Gasteiger partial charge < -0.3 is 4.98 Å². The van der Waals surface area contributed by atoms with Gasteiger partial charge in [0.15, 0.2) is 0 Å². The summed E-state index contributed by atoms with van der Waals surface area (Å²) in [5.74, 6) is -0.253. The van der Waals surface area contributed by atoms with E-state index in [1.54, 1.807) is 24.5 Å². The Morgan fingerprint density at radius 1 is 1.12 bits per heavy atom. The molecule has 1 amide bonds. The summed E-state index contributed by atoms with van der Waals surface area (Å²) < 4.78 is 0. The van der Waals surface area contributed by atoms with Gasteiger partial charge >= 0.3 is 0 Å². The van der Waals surface area contributed by atoms with Crippen LogP contribution in [0, 0.1) is 0 Å². The van der Waals surface area contributed by atoms with E-state index in [4.69, 9.17) is 0 Å². The van der Waals surface area contributed by atoms with Crippen LogP contribution in [-0.2, 0) is 0 Å². The summed E-state index contributed by atoms with van der Waals surface area (Å²) in [4.78, 5) is 19.6. The molecule has 24 heavy (non-hydrogen) atoms. The first kappa shape index (κ1) is 14.1. The molecule has 0 saturated carbocycles. The number of nitrogens with one attached hydrogen (secondary N) is 2. The fourth-order valence-electron chi connectivity index (χ4n) is 2.64. The molecule has 0 unspecified atom stereocenters. The summed E-state index contributed by atoms with van der Waals surface area (Å²) in [5, 5.41) is 6.04. The van der Waals surface area contributed by atoms with E-state index < -0.39 is 0 Å². The number of pyridine rings is 1. The van der Waals surface area contributed by atoms with Crippen LogP contribution in [0.4, 0.5) is 0 Å². The summed E-state index contributed by atoms with van der Waals surface area (Å²) in [6.07, 6.45) is 5.23. The molecule has 2 aromatic carbocycles. The van der Waals surface area contributed by atoms with Crippen LogP contribution in [0.1, 0.15) is 15.9 Å². The van der Waals surface area contributed by atoms with Crippen LogP contribution in [0.5, 0.6) is 0 Å². The van der Waals surface area contributed by atoms with Crippen LogP contribution in [0.25, 0.3) is 21.8 Å². The van der Waals surface area contributed by atoms with Crippen molar-refractivity contribution in [1.82, 2.24) is 15.4 Å². The van der Waals surface area contributed by atoms with Gasteiger partial charge in [0.25, 0.3) is 5.91 Å². The van der Waals surface area contributed by atoms with Crippen molar-refractivity contribution in [3.8, 4) is 0 Å². The Morgan fingerprint density at radius 3 is 3.00 bits per heavy atom. The predicted octanol–water partition coefficient (Wildman–Crippen LogP) is 3.48. The zero-order valence-corrected chi connectivity index (χ0v) is 12.7. The number of aromatic nitrogens is 2. The molecule has 0 saturated heterocycles. The van der Waals surface area contributed by atoms with E-state index in [0.717, 1.165) is 27.4 Å². The van der Waals surface area contributed by atoms with Gasteiger partial charge in [-0.05, 0) is 30.3 Å². The number of carbonyl (C=O) groups is 1. The maximum atomic E-state index is 12.2. The number of rotatable bonds is 3. The summed E-state index contributed by atoms with van der Waals surface area (Å²) in [5.41, 5.74) is 5.93. The first-order valence-electron chi connectivity index (χ1n) is 7.55. The molecule has 0 fully saturated rings. The largest absolute Gasteiger partial charge is 0.361 e. The van der Waals surface area contributed by atoms with Crippen molar-refractivity contribution in [2.24, 2.45) is 5.10 Å². The number of fused-ring (bicyclic) bond motifs is 2. The molecule has 4 aromatic rings. The number of hydrogen-bond donors (Lipinski definition) is 2. The first-order chi connectivity index (χ1) is 11.8. The lowest BCUT2D eigenvalue weighted by molar-refractivity contribution is 0.0955. The molecule has 0 spiro atoms. The van der Waals surface area contributed by atoms with Gasteiger partial charge in [-0.3, -0.25) is 9.78 Å². The first-order valence-corrected chi connectivity index (χ1v) is 7.55. The molecular formula is C19H14N4O. The molecule has 0 bridgehead atoms. The second-order valence-corrected chi connectivity index (χ2v) is 5.40. The van der Waals surface area contributed by atoms with Crippen molar-refractivity contribution in [2.75, 3.05) is 0 Å². The Kier molecular flexibility index (Phi) is 3.51. The van der Waals surface area contributed by atoms with Crippen LogP contribution in [-0.4, -0.2) is 22.1 Å². The van der Waals surface area contributed by atoms with Crippen LogP contribution < -0.4 is 5.43 Å². The lowest BCUT2D eigenvalue weighted by atomic mass is 10.1. The second kappa shape index (κ2) is 5.96. The number of para-hydroxylation sites is 1. The predicted molar refractivity (Wildman–Crippen MR) is 95.1 cm³/mol. The van der Waals surface area contributed by atoms with Gasteiger partial charge in [-0.25, -0.2) is 5.43 Å². The number of hydrazone groups is 1. The quantitative estimate of drug-likeness (QED) is 0.449. The zero-order chi connectivity index (χ0) is 16.4. The molecule has 2 heterocycles. The van der Waals surface area contributed by atoms with E-state index in [1.165, 1.54) is 0 Å². The number of benzene rings is 2. The molecule has 2 N–H and O–H groups in total. The lowest BCUT2D eigenvalue weighted by Gasteiger charge is -2.01. The number of carbonyl (C=O) groups excluding carboxylic acids is 1. The summed E-state index contributed by atoms with van der Waals surface area (Å²) in [7, 11) is 0. The molecular weight excluding hydrogens is 300 g/mol. The van der Waals surface area contributed by atoms with E-state index in [9.17, 15) is 4.79 Å². The highest BCUT2D eigenvalue weighted by atomic mass is 16.2. The maximum absolute atomic E-state index is 12.2. The number of H-pyrrole nitrogens is 1. The molecule has 2 aromatic heterocycles. The Morgan fingerprint density at radius 2 is 2.04 bits per heavy atom. The number of amides is 1. The van der Waals surface area contributed by atoms with Gasteiger partial charge in [-0.1, -0.05) is 24.3 Å². The lowest BCUT2D eigenvalue weighted by Crippen LogP contribution is -2.17. The van der Waals surface area contributed by atoms with Gasteiger partial charge in [-0.2, -0.15) is 5.10 Å². The standard InChI is InChI=1S/C19H14N4O/c24-19(14-7-8-17-13(10-14)4-3-9-20-17)23-22-12-15-11-21-18-6-2-1-5-16(15)18/h1-12,21H,(H,23,24)/b22-12-. The average Bonchev–Trinajstić information content (AvgIpc) is 3.04. The monoisotopic (exact) mass is 314 g/mol. The topological polar surface area (TPSA) is 70.1 Å². The van der Waals surface area contributed by atoms with Gasteiger partial charge in [-0.15, -0.1) is 0 Å². The van der Waals surface area contributed by atoms with Crippen molar-refractivity contribution in [3.63, 3.8) is 0 Å². The van der Waals surface area contributed by atoms with Crippen molar-refractivity contribution in [3.05, 3.63) is 78.1 Å².